The van der Waals surface area contributed by atoms with Crippen LogP contribution in [-0.4, -0.2) is 47.7 Å². The summed E-state index contributed by atoms with van der Waals surface area (Å²) >= 11 is 0. The first kappa shape index (κ1) is 18.4. The zero-order chi connectivity index (χ0) is 20.4. The Hall–Kier alpha value is -2.68. The smallest absolute Gasteiger partial charge is 0.265 e. The first-order chi connectivity index (χ1) is 13.9. The highest BCUT2D eigenvalue weighted by Gasteiger charge is 2.50. The molecule has 2 saturated heterocycles. The third-order valence-corrected chi connectivity index (χ3v) is 6.73. The molecule has 29 heavy (non-hydrogen) atoms. The number of hydrogen-bond donors (Lipinski definition) is 2. The maximum atomic E-state index is 14.6. The van der Waals surface area contributed by atoms with Crippen molar-refractivity contribution in [2.24, 2.45) is 11.8 Å². The molecule has 0 radical (unpaired) electrons. The molecule has 4 aliphatic rings. The molecule has 4 amide bonds. The second-order valence-corrected chi connectivity index (χ2v) is 8.24. The molecule has 2 bridgehead atoms. The second kappa shape index (κ2) is 6.41. The van der Waals surface area contributed by atoms with Crippen molar-refractivity contribution in [3.8, 4) is 0 Å². The Labute approximate surface area is 164 Å². The van der Waals surface area contributed by atoms with Gasteiger partial charge in [0.1, 0.15) is 6.04 Å². The number of carbonyl (C=O) groups is 4. The molecular weight excluding hydrogens is 384 g/mol. The van der Waals surface area contributed by atoms with Crippen LogP contribution in [0.2, 0.25) is 0 Å². The lowest BCUT2D eigenvalue weighted by atomic mass is 9.78. The average Bonchev–Trinajstić information content (AvgIpc) is 3.08. The number of imide groups is 2. The van der Waals surface area contributed by atoms with Crippen molar-refractivity contribution in [3.63, 3.8) is 0 Å². The Bertz CT molecular complexity index is 963. The van der Waals surface area contributed by atoms with Crippen LogP contribution in [-0.2, 0) is 9.59 Å². The van der Waals surface area contributed by atoms with Gasteiger partial charge < -0.3 is 5.32 Å². The number of piperidine rings is 2. The number of nitrogens with zero attached hydrogens (tertiary/aromatic N) is 1. The van der Waals surface area contributed by atoms with E-state index in [0.29, 0.717) is 23.6 Å². The quantitative estimate of drug-likeness (QED) is 0.721. The average molecular weight is 403 g/mol. The van der Waals surface area contributed by atoms with Gasteiger partial charge in [0.2, 0.25) is 11.8 Å². The zero-order valence-electron chi connectivity index (χ0n) is 15.5. The Kier molecular flexibility index (Phi) is 4.06. The molecule has 0 spiro atoms. The molecule has 152 valence electrons. The highest BCUT2D eigenvalue weighted by Crippen LogP contribution is 2.49. The molecule has 2 N–H and O–H groups in total. The fourth-order valence-corrected chi connectivity index (χ4v) is 5.48. The number of carbonyl (C=O) groups excluding carboxylic acids is 4. The minimum atomic E-state index is -1.36. The van der Waals surface area contributed by atoms with Crippen LogP contribution < -0.4 is 10.6 Å². The Morgan fingerprint density at radius 1 is 0.931 bits per heavy atom. The van der Waals surface area contributed by atoms with Crippen molar-refractivity contribution in [2.75, 3.05) is 13.1 Å². The number of amides is 4. The molecule has 1 aromatic carbocycles. The van der Waals surface area contributed by atoms with E-state index in [4.69, 9.17) is 0 Å². The van der Waals surface area contributed by atoms with Gasteiger partial charge in [-0.2, -0.15) is 0 Å². The van der Waals surface area contributed by atoms with Gasteiger partial charge in [0.05, 0.1) is 11.1 Å². The van der Waals surface area contributed by atoms with Crippen LogP contribution in [0.25, 0.3) is 0 Å². The minimum Gasteiger partial charge on any atom is -0.316 e. The number of fused-ring (bicyclic) bond motifs is 3. The van der Waals surface area contributed by atoms with Crippen molar-refractivity contribution in [2.45, 2.75) is 37.6 Å². The summed E-state index contributed by atoms with van der Waals surface area (Å²) < 4.78 is 29.1. The molecule has 3 unspecified atom stereocenters. The van der Waals surface area contributed by atoms with E-state index in [1.165, 1.54) is 0 Å². The lowest BCUT2D eigenvalue weighted by Crippen LogP contribution is -2.54. The molecule has 3 heterocycles. The first-order valence-electron chi connectivity index (χ1n) is 9.82. The van der Waals surface area contributed by atoms with E-state index < -0.39 is 46.9 Å². The van der Waals surface area contributed by atoms with Gasteiger partial charge in [-0.15, -0.1) is 0 Å². The molecule has 1 aliphatic carbocycles. The van der Waals surface area contributed by atoms with Gasteiger partial charge in [-0.1, -0.05) is 0 Å². The van der Waals surface area contributed by atoms with Gasteiger partial charge in [-0.25, -0.2) is 8.78 Å². The lowest BCUT2D eigenvalue weighted by molar-refractivity contribution is -0.136. The number of benzene rings is 1. The van der Waals surface area contributed by atoms with E-state index in [1.807, 2.05) is 0 Å². The Morgan fingerprint density at radius 2 is 1.59 bits per heavy atom. The van der Waals surface area contributed by atoms with Gasteiger partial charge >= 0.3 is 0 Å². The molecule has 3 aliphatic heterocycles. The summed E-state index contributed by atoms with van der Waals surface area (Å²) in [6.45, 7) is 1.43. The summed E-state index contributed by atoms with van der Waals surface area (Å²) in [6.07, 6.45) is 1.75. The highest BCUT2D eigenvalue weighted by atomic mass is 19.2. The number of nitrogens with one attached hydrogen (secondary N) is 2. The fourth-order valence-electron chi connectivity index (χ4n) is 5.48. The molecular formula is C20H19F2N3O4. The summed E-state index contributed by atoms with van der Waals surface area (Å²) in [5.41, 5.74) is -0.351. The lowest BCUT2D eigenvalue weighted by Gasteiger charge is -2.32. The van der Waals surface area contributed by atoms with Gasteiger partial charge in [-0.05, 0) is 61.7 Å². The van der Waals surface area contributed by atoms with Crippen LogP contribution in [0.5, 0.6) is 0 Å². The number of rotatable bonds is 2. The van der Waals surface area contributed by atoms with Crippen LogP contribution in [0.1, 0.15) is 57.9 Å². The normalized spacial score (nSPS) is 31.3. The molecule has 3 atom stereocenters. The van der Waals surface area contributed by atoms with E-state index >= 15 is 0 Å². The second-order valence-electron chi connectivity index (χ2n) is 8.24. The van der Waals surface area contributed by atoms with E-state index in [-0.39, 0.29) is 36.2 Å². The van der Waals surface area contributed by atoms with Crippen LogP contribution in [0.4, 0.5) is 8.78 Å². The zero-order valence-corrected chi connectivity index (χ0v) is 15.5. The van der Waals surface area contributed by atoms with Gasteiger partial charge in [0.15, 0.2) is 11.6 Å². The third-order valence-electron chi connectivity index (χ3n) is 6.73. The van der Waals surface area contributed by atoms with Crippen molar-refractivity contribution >= 4 is 23.6 Å². The van der Waals surface area contributed by atoms with Crippen molar-refractivity contribution < 1.29 is 28.0 Å². The van der Waals surface area contributed by atoms with E-state index in [0.717, 1.165) is 18.9 Å². The molecule has 1 aromatic rings. The topological polar surface area (TPSA) is 95.6 Å². The number of halogens is 2. The van der Waals surface area contributed by atoms with Gasteiger partial charge in [0.25, 0.3) is 11.8 Å². The first-order valence-corrected chi connectivity index (χ1v) is 9.82. The van der Waals surface area contributed by atoms with Gasteiger partial charge in [-0.3, -0.25) is 29.4 Å². The summed E-state index contributed by atoms with van der Waals surface area (Å²) in [6, 6.07) is -0.158. The van der Waals surface area contributed by atoms with Crippen molar-refractivity contribution in [1.82, 2.24) is 15.5 Å². The molecule has 9 heteroatoms. The maximum absolute atomic E-state index is 14.6. The molecule has 5 rings (SSSR count). The van der Waals surface area contributed by atoms with Crippen LogP contribution in [0, 0.1) is 23.5 Å². The summed E-state index contributed by atoms with van der Waals surface area (Å²) in [5, 5.41) is 5.42. The van der Waals surface area contributed by atoms with E-state index in [9.17, 15) is 28.0 Å². The summed E-state index contributed by atoms with van der Waals surface area (Å²) in [4.78, 5) is 50.5. The third kappa shape index (κ3) is 2.56. The molecule has 1 saturated carbocycles. The predicted molar refractivity (Wildman–Crippen MR) is 94.9 cm³/mol. The maximum Gasteiger partial charge on any atom is 0.265 e. The van der Waals surface area contributed by atoms with Gasteiger partial charge in [0, 0.05) is 6.42 Å². The molecule has 0 aromatic heterocycles. The SMILES string of the molecule is O=C1CCC(N2C(=O)c3c(C4C5CCC4CNC5)cc(F)c(F)c3C2=O)C(=O)N1. The molecule has 7 nitrogen and oxygen atoms in total. The standard InChI is InChI=1S/C20H19F2N3O4/c21-11-5-10(14-8-1-2-9(14)7-23-6-8)15-16(17(11)22)20(29)25(19(15)28)12-3-4-13(26)24-18(12)27/h5,8-9,12,14,23H,1-4,6-7H2,(H,24,26,27). The van der Waals surface area contributed by atoms with Crippen LogP contribution in [0.3, 0.4) is 0 Å². The van der Waals surface area contributed by atoms with Crippen molar-refractivity contribution in [3.05, 3.63) is 34.4 Å². The molecule has 3 fully saturated rings. The summed E-state index contributed by atoms with van der Waals surface area (Å²) in [7, 11) is 0. The minimum absolute atomic E-state index is 0.0336. The van der Waals surface area contributed by atoms with Crippen molar-refractivity contribution in [1.29, 1.82) is 0 Å². The predicted octanol–water partition coefficient (Wildman–Crippen LogP) is 1.08. The van der Waals surface area contributed by atoms with E-state index in [1.54, 1.807) is 0 Å². The summed E-state index contributed by atoms with van der Waals surface area (Å²) in [5.74, 6) is -5.39. The van der Waals surface area contributed by atoms with Crippen LogP contribution >= 0.6 is 0 Å². The largest absolute Gasteiger partial charge is 0.316 e. The van der Waals surface area contributed by atoms with E-state index in [2.05, 4.69) is 10.6 Å². The number of hydrogen-bond acceptors (Lipinski definition) is 5. The Balaban J connectivity index is 1.61. The monoisotopic (exact) mass is 403 g/mol. The highest BCUT2D eigenvalue weighted by molar-refractivity contribution is 6.24. The fraction of sp³-hybridized carbons (Fsp3) is 0.500. The Morgan fingerprint density at radius 3 is 2.24 bits per heavy atom. The van der Waals surface area contributed by atoms with Crippen LogP contribution in [0.15, 0.2) is 6.07 Å².